The Bertz CT molecular complexity index is 833. The summed E-state index contributed by atoms with van der Waals surface area (Å²) in [5.41, 5.74) is 2.61. The van der Waals surface area contributed by atoms with Gasteiger partial charge in [-0.1, -0.05) is 60.7 Å². The molecule has 3 aromatic rings. The summed E-state index contributed by atoms with van der Waals surface area (Å²) in [6.07, 6.45) is 0. The Hall–Kier alpha value is -3.25. The molecule has 0 fully saturated rings. The van der Waals surface area contributed by atoms with Crippen LogP contribution in [0.5, 0.6) is 5.75 Å². The molecule has 3 rings (SSSR count). The van der Waals surface area contributed by atoms with Crippen molar-refractivity contribution in [2.24, 2.45) is 0 Å². The maximum atomic E-state index is 12.3. The van der Waals surface area contributed by atoms with Crippen molar-refractivity contribution in [1.29, 1.82) is 0 Å². The van der Waals surface area contributed by atoms with E-state index >= 15 is 0 Å². The topological polar surface area (TPSA) is 50.4 Å². The molecule has 3 aromatic carbocycles. The van der Waals surface area contributed by atoms with Gasteiger partial charge < -0.3 is 10.1 Å². The molecule has 144 valence electrons. The van der Waals surface area contributed by atoms with Crippen LogP contribution in [0, 0.1) is 0 Å². The van der Waals surface area contributed by atoms with E-state index < -0.39 is 6.61 Å². The van der Waals surface area contributed by atoms with Crippen LogP contribution in [0.1, 0.15) is 17.2 Å². The molecule has 0 aromatic heterocycles. The summed E-state index contributed by atoms with van der Waals surface area (Å²) in [5.74, 6) is -0.196. The summed E-state index contributed by atoms with van der Waals surface area (Å²) in [6, 6.07) is 25.4. The number of amides is 1. The molecule has 0 unspecified atom stereocenters. The van der Waals surface area contributed by atoms with Crippen molar-refractivity contribution in [2.75, 3.05) is 11.9 Å². The number of nitrogens with one attached hydrogen (secondary N) is 2. The number of ether oxygens (including phenoxy) is 1. The maximum absolute atomic E-state index is 12.3. The molecule has 0 spiro atoms. The van der Waals surface area contributed by atoms with Crippen LogP contribution >= 0.6 is 0 Å². The van der Waals surface area contributed by atoms with E-state index in [1.807, 2.05) is 60.7 Å². The second-order valence-electron chi connectivity index (χ2n) is 6.09. The first-order valence-electron chi connectivity index (χ1n) is 8.80. The predicted molar refractivity (Wildman–Crippen MR) is 104 cm³/mol. The Morgan fingerprint density at radius 2 is 1.36 bits per heavy atom. The minimum absolute atomic E-state index is 0.0411. The molecular formula is C22H20F2N2O2. The molecule has 0 aliphatic carbocycles. The number of carbonyl (C=O) groups is 1. The summed E-state index contributed by atoms with van der Waals surface area (Å²) in [5, 5.41) is 6.01. The van der Waals surface area contributed by atoms with Gasteiger partial charge in [-0.05, 0) is 35.4 Å². The molecule has 1 amide bonds. The lowest BCUT2D eigenvalue weighted by Crippen LogP contribution is -2.31. The van der Waals surface area contributed by atoms with E-state index in [2.05, 4.69) is 15.4 Å². The van der Waals surface area contributed by atoms with Gasteiger partial charge in [0, 0.05) is 5.69 Å². The second-order valence-corrected chi connectivity index (χ2v) is 6.09. The van der Waals surface area contributed by atoms with Crippen LogP contribution in [0.2, 0.25) is 0 Å². The van der Waals surface area contributed by atoms with Crippen LogP contribution in [0.15, 0.2) is 84.9 Å². The van der Waals surface area contributed by atoms with Crippen molar-refractivity contribution in [1.82, 2.24) is 5.32 Å². The number of alkyl halides is 2. The third kappa shape index (κ3) is 5.62. The molecule has 0 bridgehead atoms. The highest BCUT2D eigenvalue weighted by Crippen LogP contribution is 2.22. The first kappa shape index (κ1) is 19.5. The number of hydrogen-bond donors (Lipinski definition) is 2. The van der Waals surface area contributed by atoms with E-state index in [0.717, 1.165) is 11.1 Å². The molecule has 0 saturated heterocycles. The van der Waals surface area contributed by atoms with Gasteiger partial charge in [0.1, 0.15) is 5.75 Å². The Balaban J connectivity index is 1.62. The van der Waals surface area contributed by atoms with Gasteiger partial charge in [0.05, 0.1) is 12.6 Å². The number of anilines is 1. The number of hydrogen-bond acceptors (Lipinski definition) is 3. The first-order valence-corrected chi connectivity index (χ1v) is 8.80. The van der Waals surface area contributed by atoms with Crippen molar-refractivity contribution < 1.29 is 18.3 Å². The molecule has 0 aliphatic heterocycles. The lowest BCUT2D eigenvalue weighted by atomic mass is 9.99. The fourth-order valence-electron chi connectivity index (χ4n) is 2.84. The average Bonchev–Trinajstić information content (AvgIpc) is 2.71. The molecule has 0 heterocycles. The Labute approximate surface area is 162 Å². The van der Waals surface area contributed by atoms with Crippen molar-refractivity contribution in [3.8, 4) is 5.75 Å². The zero-order valence-electron chi connectivity index (χ0n) is 15.0. The van der Waals surface area contributed by atoms with Gasteiger partial charge in [-0.3, -0.25) is 10.1 Å². The molecule has 6 heteroatoms. The van der Waals surface area contributed by atoms with E-state index in [1.165, 1.54) is 24.3 Å². The minimum Gasteiger partial charge on any atom is -0.435 e. The van der Waals surface area contributed by atoms with Gasteiger partial charge in [0.15, 0.2) is 0 Å². The van der Waals surface area contributed by atoms with Crippen LogP contribution in [0.25, 0.3) is 0 Å². The highest BCUT2D eigenvalue weighted by molar-refractivity contribution is 5.92. The van der Waals surface area contributed by atoms with Crippen LogP contribution in [-0.4, -0.2) is 19.1 Å². The number of benzene rings is 3. The molecule has 0 saturated carbocycles. The minimum atomic E-state index is -2.88. The van der Waals surface area contributed by atoms with Crippen molar-refractivity contribution in [2.45, 2.75) is 12.7 Å². The van der Waals surface area contributed by atoms with Crippen LogP contribution in [0.4, 0.5) is 14.5 Å². The van der Waals surface area contributed by atoms with Gasteiger partial charge in [-0.15, -0.1) is 0 Å². The number of rotatable bonds is 8. The quantitative estimate of drug-likeness (QED) is 0.598. The Morgan fingerprint density at radius 1 is 0.821 bits per heavy atom. The fourth-order valence-corrected chi connectivity index (χ4v) is 2.84. The summed E-state index contributed by atoms with van der Waals surface area (Å²) < 4.78 is 28.7. The number of carbonyl (C=O) groups excluding carboxylic acids is 1. The molecule has 28 heavy (non-hydrogen) atoms. The fraction of sp³-hybridized carbons (Fsp3) is 0.136. The largest absolute Gasteiger partial charge is 0.435 e. The monoisotopic (exact) mass is 382 g/mol. The van der Waals surface area contributed by atoms with Crippen molar-refractivity contribution >= 4 is 11.6 Å². The maximum Gasteiger partial charge on any atom is 0.387 e. The van der Waals surface area contributed by atoms with E-state index in [0.29, 0.717) is 5.69 Å². The van der Waals surface area contributed by atoms with Gasteiger partial charge >= 0.3 is 6.61 Å². The molecule has 4 nitrogen and oxygen atoms in total. The van der Waals surface area contributed by atoms with Gasteiger partial charge in [0.2, 0.25) is 5.91 Å². The summed E-state index contributed by atoms with van der Waals surface area (Å²) >= 11 is 0. The van der Waals surface area contributed by atoms with E-state index in [1.54, 1.807) is 0 Å². The average molecular weight is 382 g/mol. The highest BCUT2D eigenvalue weighted by atomic mass is 19.3. The molecule has 0 atom stereocenters. The summed E-state index contributed by atoms with van der Waals surface area (Å²) in [6.45, 7) is -2.79. The summed E-state index contributed by atoms with van der Waals surface area (Å²) in [7, 11) is 0. The smallest absolute Gasteiger partial charge is 0.387 e. The van der Waals surface area contributed by atoms with Crippen LogP contribution < -0.4 is 15.4 Å². The predicted octanol–water partition coefficient (Wildman–Crippen LogP) is 4.61. The normalized spacial score (nSPS) is 10.9. The van der Waals surface area contributed by atoms with Gasteiger partial charge in [0.25, 0.3) is 0 Å². The van der Waals surface area contributed by atoms with Crippen molar-refractivity contribution in [3.63, 3.8) is 0 Å². The lowest BCUT2D eigenvalue weighted by Gasteiger charge is -2.19. The van der Waals surface area contributed by atoms with Gasteiger partial charge in [-0.2, -0.15) is 8.78 Å². The van der Waals surface area contributed by atoms with Crippen LogP contribution in [0.3, 0.4) is 0 Å². The first-order chi connectivity index (χ1) is 13.6. The van der Waals surface area contributed by atoms with E-state index in [4.69, 9.17) is 0 Å². The SMILES string of the molecule is O=C(CNC(c1ccccc1)c1ccccc1)Nc1ccc(OC(F)F)cc1. The zero-order chi connectivity index (χ0) is 19.8. The van der Waals surface area contributed by atoms with Crippen LogP contribution in [-0.2, 0) is 4.79 Å². The molecule has 0 radical (unpaired) electrons. The third-order valence-electron chi connectivity index (χ3n) is 4.10. The zero-order valence-corrected chi connectivity index (χ0v) is 15.0. The lowest BCUT2D eigenvalue weighted by molar-refractivity contribution is -0.115. The van der Waals surface area contributed by atoms with Crippen molar-refractivity contribution in [3.05, 3.63) is 96.1 Å². The molecular weight excluding hydrogens is 362 g/mol. The van der Waals surface area contributed by atoms with E-state index in [9.17, 15) is 13.6 Å². The van der Waals surface area contributed by atoms with E-state index in [-0.39, 0.29) is 24.2 Å². The number of halogens is 2. The molecule has 0 aliphatic rings. The highest BCUT2D eigenvalue weighted by Gasteiger charge is 2.15. The third-order valence-corrected chi connectivity index (χ3v) is 4.10. The standard InChI is InChI=1S/C22H20F2N2O2/c23-22(24)28-19-13-11-18(12-14-19)26-20(27)15-25-21(16-7-3-1-4-8-16)17-9-5-2-6-10-17/h1-14,21-22,25H,15H2,(H,26,27). The Kier molecular flexibility index (Phi) is 6.70. The van der Waals surface area contributed by atoms with Gasteiger partial charge in [-0.25, -0.2) is 0 Å². The summed E-state index contributed by atoms with van der Waals surface area (Å²) in [4.78, 5) is 12.3. The second kappa shape index (κ2) is 9.62. The Morgan fingerprint density at radius 3 is 1.86 bits per heavy atom. The molecule has 2 N–H and O–H groups in total.